The van der Waals surface area contributed by atoms with Crippen molar-refractivity contribution in [2.24, 2.45) is 0 Å². The first-order valence-electron chi connectivity index (χ1n) is 6.67. The maximum Gasteiger partial charge on any atom is 0.161 e. The van der Waals surface area contributed by atoms with E-state index in [1.54, 1.807) is 18.2 Å². The van der Waals surface area contributed by atoms with Crippen molar-refractivity contribution in [2.75, 3.05) is 6.54 Å². The van der Waals surface area contributed by atoms with Gasteiger partial charge in [0.15, 0.2) is 11.6 Å². The molecule has 2 aromatic carbocycles. The summed E-state index contributed by atoms with van der Waals surface area (Å²) < 4.78 is 40.0. The highest BCUT2D eigenvalue weighted by Crippen LogP contribution is 2.32. The van der Waals surface area contributed by atoms with Gasteiger partial charge in [0.2, 0.25) is 0 Å². The Hall–Kier alpha value is -1.52. The molecule has 5 heteroatoms. The first kappa shape index (κ1) is 15.9. The van der Waals surface area contributed by atoms with E-state index in [9.17, 15) is 13.2 Å². The van der Waals surface area contributed by atoms with E-state index in [0.29, 0.717) is 23.2 Å². The molecule has 2 rings (SSSR count). The molecule has 0 spiro atoms. The van der Waals surface area contributed by atoms with Crippen LogP contribution in [-0.2, 0) is 6.54 Å². The Morgan fingerprint density at radius 1 is 0.952 bits per heavy atom. The van der Waals surface area contributed by atoms with Gasteiger partial charge < -0.3 is 5.32 Å². The van der Waals surface area contributed by atoms with Gasteiger partial charge in [-0.3, -0.25) is 0 Å². The van der Waals surface area contributed by atoms with Gasteiger partial charge in [-0.25, -0.2) is 13.2 Å². The Kier molecular flexibility index (Phi) is 5.26. The van der Waals surface area contributed by atoms with Crippen LogP contribution in [0, 0.1) is 17.5 Å². The summed E-state index contributed by atoms with van der Waals surface area (Å²) in [5.74, 6) is -3.16. The highest BCUT2D eigenvalue weighted by molar-refractivity contribution is 6.33. The Morgan fingerprint density at radius 2 is 1.67 bits per heavy atom. The van der Waals surface area contributed by atoms with Crippen molar-refractivity contribution >= 4 is 11.6 Å². The average Bonchev–Trinajstić information content (AvgIpc) is 2.44. The van der Waals surface area contributed by atoms with Gasteiger partial charge in [0.05, 0.1) is 0 Å². The highest BCUT2D eigenvalue weighted by atomic mass is 35.5. The molecule has 0 unspecified atom stereocenters. The number of nitrogens with one attached hydrogen (secondary N) is 1. The van der Waals surface area contributed by atoms with Gasteiger partial charge in [0, 0.05) is 28.8 Å². The second-order valence-electron chi connectivity index (χ2n) is 4.74. The van der Waals surface area contributed by atoms with E-state index < -0.39 is 17.5 Å². The molecule has 1 nitrogen and oxygen atoms in total. The smallest absolute Gasteiger partial charge is 0.161 e. The molecule has 0 atom stereocenters. The molecule has 1 N–H and O–H groups in total. The van der Waals surface area contributed by atoms with Crippen molar-refractivity contribution in [1.29, 1.82) is 0 Å². The molecule has 2 aromatic rings. The molecule has 0 fully saturated rings. The van der Waals surface area contributed by atoms with Crippen LogP contribution in [0.5, 0.6) is 0 Å². The molecular weight excluding hydrogens is 299 g/mol. The fraction of sp³-hybridized carbons (Fsp3) is 0.250. The maximum atomic E-state index is 13.8. The summed E-state index contributed by atoms with van der Waals surface area (Å²) in [6.07, 6.45) is 1.02. The molecule has 0 aliphatic heterocycles. The Bertz CT molecular complexity index is 644. The number of benzene rings is 2. The molecular formula is C16H15ClF3N. The van der Waals surface area contributed by atoms with Crippen LogP contribution >= 0.6 is 11.6 Å². The van der Waals surface area contributed by atoms with Gasteiger partial charge in [0.1, 0.15) is 5.82 Å². The standard InChI is InChI=1S/C16H15ClF3N/c1-2-5-21-9-10-3-4-11(13(17)6-10)12-7-15(19)16(20)8-14(12)18/h3-4,6-8,21H,2,5,9H2,1H3. The van der Waals surface area contributed by atoms with E-state index in [2.05, 4.69) is 12.2 Å². The molecule has 0 saturated carbocycles. The summed E-state index contributed by atoms with van der Waals surface area (Å²) in [6.45, 7) is 3.60. The molecule has 0 aliphatic carbocycles. The van der Waals surface area contributed by atoms with Crippen molar-refractivity contribution in [2.45, 2.75) is 19.9 Å². The van der Waals surface area contributed by atoms with Gasteiger partial charge in [-0.05, 0) is 30.7 Å². The summed E-state index contributed by atoms with van der Waals surface area (Å²) in [7, 11) is 0. The lowest BCUT2D eigenvalue weighted by Gasteiger charge is -2.10. The van der Waals surface area contributed by atoms with Crippen LogP contribution < -0.4 is 5.32 Å². The average molecular weight is 314 g/mol. The van der Waals surface area contributed by atoms with Crippen LogP contribution in [-0.4, -0.2) is 6.54 Å². The van der Waals surface area contributed by atoms with Gasteiger partial charge in [0.25, 0.3) is 0 Å². The van der Waals surface area contributed by atoms with Crippen LogP contribution in [0.1, 0.15) is 18.9 Å². The monoisotopic (exact) mass is 313 g/mol. The molecule has 21 heavy (non-hydrogen) atoms. The third-order valence-electron chi connectivity index (χ3n) is 3.09. The van der Waals surface area contributed by atoms with Gasteiger partial charge in [-0.1, -0.05) is 30.7 Å². The summed E-state index contributed by atoms with van der Waals surface area (Å²) >= 11 is 6.13. The SMILES string of the molecule is CCCNCc1ccc(-c2cc(F)c(F)cc2F)c(Cl)c1. The fourth-order valence-corrected chi connectivity index (χ4v) is 2.33. The molecule has 112 valence electrons. The molecule has 0 heterocycles. The number of hydrogen-bond acceptors (Lipinski definition) is 1. The van der Waals surface area contributed by atoms with E-state index in [-0.39, 0.29) is 5.56 Å². The van der Waals surface area contributed by atoms with Gasteiger partial charge >= 0.3 is 0 Å². The predicted octanol–water partition coefficient (Wildman–Crippen LogP) is 4.92. The zero-order valence-electron chi connectivity index (χ0n) is 11.5. The number of halogens is 4. The Labute approximate surface area is 126 Å². The zero-order chi connectivity index (χ0) is 15.4. The summed E-state index contributed by atoms with van der Waals surface area (Å²) in [6, 6.07) is 6.43. The lowest BCUT2D eigenvalue weighted by atomic mass is 10.0. The first-order chi connectivity index (χ1) is 10.0. The van der Waals surface area contributed by atoms with Crippen LogP contribution in [0.15, 0.2) is 30.3 Å². The second kappa shape index (κ2) is 6.96. The quantitative estimate of drug-likeness (QED) is 0.610. The van der Waals surface area contributed by atoms with E-state index in [0.717, 1.165) is 24.6 Å². The first-order valence-corrected chi connectivity index (χ1v) is 7.04. The lowest BCUT2D eigenvalue weighted by molar-refractivity contribution is 0.496. The van der Waals surface area contributed by atoms with E-state index >= 15 is 0 Å². The largest absolute Gasteiger partial charge is 0.313 e. The van der Waals surface area contributed by atoms with E-state index in [4.69, 9.17) is 11.6 Å². The van der Waals surface area contributed by atoms with E-state index in [1.165, 1.54) is 0 Å². The highest BCUT2D eigenvalue weighted by Gasteiger charge is 2.14. The van der Waals surface area contributed by atoms with Crippen molar-refractivity contribution in [3.8, 4) is 11.1 Å². The maximum absolute atomic E-state index is 13.8. The van der Waals surface area contributed by atoms with E-state index in [1.807, 2.05) is 0 Å². The zero-order valence-corrected chi connectivity index (χ0v) is 12.3. The third kappa shape index (κ3) is 3.77. The number of hydrogen-bond donors (Lipinski definition) is 1. The molecule has 0 radical (unpaired) electrons. The van der Waals surface area contributed by atoms with Crippen LogP contribution in [0.4, 0.5) is 13.2 Å². The van der Waals surface area contributed by atoms with Crippen LogP contribution in [0.25, 0.3) is 11.1 Å². The van der Waals surface area contributed by atoms with Gasteiger partial charge in [-0.15, -0.1) is 0 Å². The molecule has 0 saturated heterocycles. The van der Waals surface area contributed by atoms with Crippen LogP contribution in [0.2, 0.25) is 5.02 Å². The number of rotatable bonds is 5. The fourth-order valence-electron chi connectivity index (χ4n) is 2.03. The minimum Gasteiger partial charge on any atom is -0.313 e. The van der Waals surface area contributed by atoms with Crippen molar-refractivity contribution in [3.05, 3.63) is 58.4 Å². The normalized spacial score (nSPS) is 10.9. The van der Waals surface area contributed by atoms with Crippen molar-refractivity contribution in [1.82, 2.24) is 5.32 Å². The predicted molar refractivity (Wildman–Crippen MR) is 78.8 cm³/mol. The molecule has 0 aliphatic rings. The Balaban J connectivity index is 2.31. The van der Waals surface area contributed by atoms with Gasteiger partial charge in [-0.2, -0.15) is 0 Å². The summed E-state index contributed by atoms with van der Waals surface area (Å²) in [5.41, 5.74) is 1.24. The Morgan fingerprint density at radius 3 is 2.33 bits per heavy atom. The minimum absolute atomic E-state index is 0.0491. The van der Waals surface area contributed by atoms with Crippen molar-refractivity contribution < 1.29 is 13.2 Å². The second-order valence-corrected chi connectivity index (χ2v) is 5.14. The summed E-state index contributed by atoms with van der Waals surface area (Å²) in [4.78, 5) is 0. The summed E-state index contributed by atoms with van der Waals surface area (Å²) in [5, 5.41) is 3.53. The third-order valence-corrected chi connectivity index (χ3v) is 3.40. The molecule has 0 bridgehead atoms. The lowest BCUT2D eigenvalue weighted by Crippen LogP contribution is -2.13. The van der Waals surface area contributed by atoms with Crippen molar-refractivity contribution in [3.63, 3.8) is 0 Å². The molecule has 0 amide bonds. The minimum atomic E-state index is -1.22. The van der Waals surface area contributed by atoms with Crippen LogP contribution in [0.3, 0.4) is 0 Å². The molecule has 0 aromatic heterocycles. The topological polar surface area (TPSA) is 12.0 Å².